The zero-order valence-corrected chi connectivity index (χ0v) is 12.9. The fourth-order valence-electron chi connectivity index (χ4n) is 2.61. The second-order valence-corrected chi connectivity index (χ2v) is 6.80. The molecule has 0 aliphatic heterocycles. The first-order valence-electron chi connectivity index (χ1n) is 7.60. The maximum Gasteiger partial charge on any atom is 0.326 e. The van der Waals surface area contributed by atoms with Crippen molar-refractivity contribution in [1.29, 1.82) is 0 Å². The van der Waals surface area contributed by atoms with E-state index in [0.29, 0.717) is 0 Å². The largest absolute Gasteiger partial charge is 0.480 e. The summed E-state index contributed by atoms with van der Waals surface area (Å²) in [6, 6.07) is -1.07. The Bertz CT molecular complexity index is 329. The maximum atomic E-state index is 12.0. The molecule has 20 heavy (non-hydrogen) atoms. The maximum absolute atomic E-state index is 12.0. The lowest BCUT2D eigenvalue weighted by molar-refractivity contribution is -0.141. The van der Waals surface area contributed by atoms with E-state index in [1.54, 1.807) is 0 Å². The Morgan fingerprint density at radius 1 is 1.05 bits per heavy atom. The zero-order chi connectivity index (χ0) is 15.2. The number of rotatable bonds is 3. The molecule has 1 atom stereocenters. The van der Waals surface area contributed by atoms with Crippen molar-refractivity contribution >= 4 is 12.0 Å². The summed E-state index contributed by atoms with van der Waals surface area (Å²) in [5.74, 6) is -0.995. The molecular weight excluding hydrogens is 256 g/mol. The number of carboxylic acid groups (broad SMARTS) is 1. The van der Waals surface area contributed by atoms with E-state index in [-0.39, 0.29) is 12.1 Å². The highest BCUT2D eigenvalue weighted by Gasteiger charge is 2.32. The van der Waals surface area contributed by atoms with Crippen molar-refractivity contribution in [3.8, 4) is 0 Å². The highest BCUT2D eigenvalue weighted by atomic mass is 16.4. The lowest BCUT2D eigenvalue weighted by Crippen LogP contribution is -2.54. The van der Waals surface area contributed by atoms with Gasteiger partial charge in [-0.15, -0.1) is 0 Å². The van der Waals surface area contributed by atoms with Crippen molar-refractivity contribution in [3.05, 3.63) is 0 Å². The summed E-state index contributed by atoms with van der Waals surface area (Å²) in [6.45, 7) is 5.42. The Labute approximate surface area is 121 Å². The fraction of sp³-hybridized carbons (Fsp3) is 0.867. The van der Waals surface area contributed by atoms with Gasteiger partial charge in [-0.3, -0.25) is 0 Å². The SMILES string of the molecule is CC(C)(C)[C@@H](NC(=O)NC1CCCCCCC1)C(=O)O. The Morgan fingerprint density at radius 3 is 2.00 bits per heavy atom. The van der Waals surface area contributed by atoms with Gasteiger partial charge in [0, 0.05) is 6.04 Å². The second-order valence-electron chi connectivity index (χ2n) is 6.80. The van der Waals surface area contributed by atoms with Crippen LogP contribution >= 0.6 is 0 Å². The predicted molar refractivity (Wildman–Crippen MR) is 78.7 cm³/mol. The molecular formula is C15H28N2O3. The third-order valence-corrected chi connectivity index (χ3v) is 3.83. The van der Waals surface area contributed by atoms with Crippen molar-refractivity contribution in [2.75, 3.05) is 0 Å². The number of urea groups is 1. The third kappa shape index (κ3) is 5.80. The number of carboxylic acids is 1. The average molecular weight is 284 g/mol. The van der Waals surface area contributed by atoms with Gasteiger partial charge in [-0.25, -0.2) is 9.59 Å². The zero-order valence-electron chi connectivity index (χ0n) is 12.9. The lowest BCUT2D eigenvalue weighted by Gasteiger charge is -2.29. The molecule has 0 bridgehead atoms. The van der Waals surface area contributed by atoms with Crippen LogP contribution in [-0.4, -0.2) is 29.2 Å². The molecule has 0 spiro atoms. The Balaban J connectivity index is 2.50. The summed E-state index contributed by atoms with van der Waals surface area (Å²) in [5, 5.41) is 14.7. The van der Waals surface area contributed by atoms with Crippen LogP contribution in [-0.2, 0) is 4.79 Å². The van der Waals surface area contributed by atoms with Gasteiger partial charge in [0.1, 0.15) is 6.04 Å². The van der Waals surface area contributed by atoms with Gasteiger partial charge in [-0.2, -0.15) is 0 Å². The molecule has 5 nitrogen and oxygen atoms in total. The number of carbonyl (C=O) groups is 2. The summed E-state index contributed by atoms with van der Waals surface area (Å²) < 4.78 is 0. The molecule has 0 radical (unpaired) electrons. The summed E-state index contributed by atoms with van der Waals surface area (Å²) in [4.78, 5) is 23.2. The van der Waals surface area contributed by atoms with Crippen LogP contribution in [0.2, 0.25) is 0 Å². The van der Waals surface area contributed by atoms with Crippen LogP contribution in [0.15, 0.2) is 0 Å². The van der Waals surface area contributed by atoms with E-state index in [2.05, 4.69) is 10.6 Å². The standard InChI is InChI=1S/C15H28N2O3/c1-15(2,3)12(13(18)19)17-14(20)16-11-9-7-5-4-6-8-10-11/h11-12H,4-10H2,1-3H3,(H,18,19)(H2,16,17,20)/t12-/m0/s1. The molecule has 0 heterocycles. The normalized spacial score (nSPS) is 19.6. The monoisotopic (exact) mass is 284 g/mol. The van der Waals surface area contributed by atoms with E-state index in [1.807, 2.05) is 20.8 Å². The molecule has 1 saturated carbocycles. The molecule has 1 aliphatic rings. The van der Waals surface area contributed by atoms with Gasteiger partial charge in [-0.05, 0) is 18.3 Å². The average Bonchev–Trinajstić information content (AvgIpc) is 2.27. The van der Waals surface area contributed by atoms with Crippen molar-refractivity contribution in [3.63, 3.8) is 0 Å². The minimum Gasteiger partial charge on any atom is -0.480 e. The van der Waals surface area contributed by atoms with Crippen LogP contribution in [0, 0.1) is 5.41 Å². The molecule has 0 aromatic rings. The number of amides is 2. The molecule has 2 amide bonds. The van der Waals surface area contributed by atoms with E-state index in [1.165, 1.54) is 19.3 Å². The molecule has 0 aromatic carbocycles. The van der Waals surface area contributed by atoms with E-state index >= 15 is 0 Å². The number of hydrogen-bond acceptors (Lipinski definition) is 2. The second kappa shape index (κ2) is 7.50. The Kier molecular flexibility index (Phi) is 6.30. The van der Waals surface area contributed by atoms with Gasteiger partial charge >= 0.3 is 12.0 Å². The van der Waals surface area contributed by atoms with Crippen LogP contribution in [0.3, 0.4) is 0 Å². The molecule has 5 heteroatoms. The molecule has 0 unspecified atom stereocenters. The van der Waals surface area contributed by atoms with Crippen LogP contribution in [0.1, 0.15) is 65.7 Å². The number of nitrogens with one attached hydrogen (secondary N) is 2. The van der Waals surface area contributed by atoms with Crippen molar-refractivity contribution < 1.29 is 14.7 Å². The Hall–Kier alpha value is -1.26. The van der Waals surface area contributed by atoms with E-state index in [4.69, 9.17) is 0 Å². The molecule has 0 aromatic heterocycles. The van der Waals surface area contributed by atoms with Crippen LogP contribution < -0.4 is 10.6 Å². The van der Waals surface area contributed by atoms with Gasteiger partial charge in [0.15, 0.2) is 0 Å². The van der Waals surface area contributed by atoms with Crippen LogP contribution in [0.25, 0.3) is 0 Å². The molecule has 0 saturated heterocycles. The summed E-state index contributed by atoms with van der Waals surface area (Å²) in [7, 11) is 0. The van der Waals surface area contributed by atoms with Crippen molar-refractivity contribution in [1.82, 2.24) is 10.6 Å². The smallest absolute Gasteiger partial charge is 0.326 e. The quantitative estimate of drug-likeness (QED) is 0.745. The molecule has 116 valence electrons. The predicted octanol–water partition coefficient (Wildman–Crippen LogP) is 2.90. The van der Waals surface area contributed by atoms with Crippen molar-refractivity contribution in [2.45, 2.75) is 77.8 Å². The van der Waals surface area contributed by atoms with Gasteiger partial charge < -0.3 is 15.7 Å². The molecule has 3 N–H and O–H groups in total. The first kappa shape index (κ1) is 16.8. The molecule has 1 fully saturated rings. The van der Waals surface area contributed by atoms with E-state index in [0.717, 1.165) is 25.7 Å². The van der Waals surface area contributed by atoms with Gasteiger partial charge in [0.05, 0.1) is 0 Å². The number of carbonyl (C=O) groups excluding carboxylic acids is 1. The lowest BCUT2D eigenvalue weighted by atomic mass is 9.87. The highest BCUT2D eigenvalue weighted by molar-refractivity contribution is 5.83. The fourth-order valence-corrected chi connectivity index (χ4v) is 2.61. The van der Waals surface area contributed by atoms with Crippen LogP contribution in [0.4, 0.5) is 4.79 Å². The van der Waals surface area contributed by atoms with Crippen LogP contribution in [0.5, 0.6) is 0 Å². The third-order valence-electron chi connectivity index (χ3n) is 3.83. The van der Waals surface area contributed by atoms with Gasteiger partial charge in [-0.1, -0.05) is 52.9 Å². The first-order chi connectivity index (χ1) is 9.30. The summed E-state index contributed by atoms with van der Waals surface area (Å²) in [6.07, 6.45) is 7.96. The Morgan fingerprint density at radius 2 is 1.55 bits per heavy atom. The first-order valence-corrected chi connectivity index (χ1v) is 7.60. The van der Waals surface area contributed by atoms with Gasteiger partial charge in [0.25, 0.3) is 0 Å². The number of hydrogen-bond donors (Lipinski definition) is 3. The topological polar surface area (TPSA) is 78.4 Å². The van der Waals surface area contributed by atoms with Gasteiger partial charge in [0.2, 0.25) is 0 Å². The van der Waals surface area contributed by atoms with Crippen molar-refractivity contribution in [2.24, 2.45) is 5.41 Å². The molecule has 1 aliphatic carbocycles. The summed E-state index contributed by atoms with van der Waals surface area (Å²) >= 11 is 0. The highest BCUT2D eigenvalue weighted by Crippen LogP contribution is 2.20. The number of aliphatic carboxylic acids is 1. The van der Waals surface area contributed by atoms with E-state index < -0.39 is 17.4 Å². The van der Waals surface area contributed by atoms with E-state index in [9.17, 15) is 14.7 Å². The minimum atomic E-state index is -0.995. The summed E-state index contributed by atoms with van der Waals surface area (Å²) in [5.41, 5.74) is -0.510. The minimum absolute atomic E-state index is 0.171. The molecule has 1 rings (SSSR count).